The lowest BCUT2D eigenvalue weighted by atomic mass is 10.0. The normalized spacial score (nSPS) is 18.5. The number of ether oxygens (including phenoxy) is 3. The highest BCUT2D eigenvalue weighted by atomic mass is 35.5. The van der Waals surface area contributed by atoms with Crippen molar-refractivity contribution < 1.29 is 14.2 Å². The minimum Gasteiger partial charge on any atom is -0.496 e. The second-order valence-electron chi connectivity index (χ2n) is 6.92. The van der Waals surface area contributed by atoms with Gasteiger partial charge in [-0.3, -0.25) is 4.90 Å². The first-order valence-electron chi connectivity index (χ1n) is 8.98. The Morgan fingerprint density at radius 2 is 1.52 bits per heavy atom. The number of nitrogens with zero attached hydrogens (tertiary/aromatic N) is 1. The Morgan fingerprint density at radius 3 is 2.08 bits per heavy atom. The molecule has 1 saturated carbocycles. The van der Waals surface area contributed by atoms with Gasteiger partial charge in [-0.05, 0) is 57.3 Å². The lowest BCUT2D eigenvalue weighted by Gasteiger charge is -2.33. The summed E-state index contributed by atoms with van der Waals surface area (Å²) in [4.78, 5) is 2.50. The third kappa shape index (κ3) is 5.40. The zero-order valence-corrected chi connectivity index (χ0v) is 16.4. The number of hydrogen-bond donors (Lipinski definition) is 1. The Balaban J connectivity index is 0.00000225. The molecule has 1 N–H and O–H groups in total. The summed E-state index contributed by atoms with van der Waals surface area (Å²) in [7, 11) is 5.03. The Hall–Kier alpha value is -1.17. The van der Waals surface area contributed by atoms with E-state index < -0.39 is 0 Å². The third-order valence-electron chi connectivity index (χ3n) is 5.16. The molecule has 0 spiro atoms. The van der Waals surface area contributed by atoms with Crippen LogP contribution in [0.5, 0.6) is 17.2 Å². The van der Waals surface area contributed by atoms with Gasteiger partial charge in [0.05, 0.1) is 21.3 Å². The van der Waals surface area contributed by atoms with Crippen molar-refractivity contribution in [2.24, 2.45) is 5.92 Å². The monoisotopic (exact) mass is 370 g/mol. The molecule has 2 fully saturated rings. The van der Waals surface area contributed by atoms with E-state index in [-0.39, 0.29) is 12.4 Å². The quantitative estimate of drug-likeness (QED) is 0.761. The summed E-state index contributed by atoms with van der Waals surface area (Å²) >= 11 is 0. The van der Waals surface area contributed by atoms with Crippen LogP contribution in [0.1, 0.15) is 31.2 Å². The standard InChI is InChI=1S/C19H30N2O3.ClH/c1-22-17-11-19(24-3)18(23-2)10-15(17)13-21-8-6-16(7-9-21)20-12-14-4-5-14;/h10-11,14,16,20H,4-9,12-13H2,1-3H3;1H. The van der Waals surface area contributed by atoms with Crippen LogP contribution in [-0.2, 0) is 6.54 Å². The molecule has 142 valence electrons. The van der Waals surface area contributed by atoms with Gasteiger partial charge in [0, 0.05) is 24.2 Å². The van der Waals surface area contributed by atoms with Gasteiger partial charge in [-0.25, -0.2) is 0 Å². The lowest BCUT2D eigenvalue weighted by molar-refractivity contribution is 0.188. The Kier molecular flexibility index (Phi) is 7.66. The molecule has 1 saturated heterocycles. The molecule has 1 aromatic carbocycles. The van der Waals surface area contributed by atoms with E-state index in [0.29, 0.717) is 11.8 Å². The summed E-state index contributed by atoms with van der Waals surface area (Å²) in [5.41, 5.74) is 1.15. The van der Waals surface area contributed by atoms with Crippen molar-refractivity contribution in [2.75, 3.05) is 41.0 Å². The highest BCUT2D eigenvalue weighted by Gasteiger charge is 2.25. The van der Waals surface area contributed by atoms with E-state index in [1.807, 2.05) is 12.1 Å². The predicted molar refractivity (Wildman–Crippen MR) is 102 cm³/mol. The summed E-state index contributed by atoms with van der Waals surface area (Å²) in [5, 5.41) is 3.74. The van der Waals surface area contributed by atoms with Gasteiger partial charge in [-0.1, -0.05) is 0 Å². The van der Waals surface area contributed by atoms with Crippen LogP contribution < -0.4 is 19.5 Å². The Bertz CT molecular complexity index is 544. The second-order valence-corrected chi connectivity index (χ2v) is 6.92. The van der Waals surface area contributed by atoms with E-state index in [1.54, 1.807) is 21.3 Å². The van der Waals surface area contributed by atoms with Crippen LogP contribution in [0.2, 0.25) is 0 Å². The first kappa shape index (κ1) is 20.1. The summed E-state index contributed by atoms with van der Waals surface area (Å²) in [6.45, 7) is 4.35. The molecule has 25 heavy (non-hydrogen) atoms. The summed E-state index contributed by atoms with van der Waals surface area (Å²) in [6.07, 6.45) is 5.29. The highest BCUT2D eigenvalue weighted by molar-refractivity contribution is 5.85. The van der Waals surface area contributed by atoms with Crippen LogP contribution >= 0.6 is 12.4 Å². The summed E-state index contributed by atoms with van der Waals surface area (Å²) in [6, 6.07) is 4.64. The zero-order valence-electron chi connectivity index (χ0n) is 15.5. The van der Waals surface area contributed by atoms with E-state index >= 15 is 0 Å². The molecule has 0 radical (unpaired) electrons. The minimum atomic E-state index is 0. The Labute approximate surface area is 157 Å². The lowest BCUT2D eigenvalue weighted by Crippen LogP contribution is -2.42. The van der Waals surface area contributed by atoms with E-state index in [9.17, 15) is 0 Å². The van der Waals surface area contributed by atoms with Crippen LogP contribution in [0.25, 0.3) is 0 Å². The van der Waals surface area contributed by atoms with E-state index in [2.05, 4.69) is 10.2 Å². The van der Waals surface area contributed by atoms with Gasteiger partial charge in [-0.2, -0.15) is 0 Å². The molecule has 3 rings (SSSR count). The largest absolute Gasteiger partial charge is 0.496 e. The molecule has 2 aliphatic rings. The van der Waals surface area contributed by atoms with Crippen molar-refractivity contribution in [1.29, 1.82) is 0 Å². The first-order chi connectivity index (χ1) is 11.7. The topological polar surface area (TPSA) is 43.0 Å². The van der Waals surface area contributed by atoms with Crippen LogP contribution in [0.4, 0.5) is 0 Å². The fourth-order valence-electron chi connectivity index (χ4n) is 3.41. The fraction of sp³-hybridized carbons (Fsp3) is 0.684. The number of rotatable bonds is 8. The number of benzene rings is 1. The first-order valence-corrected chi connectivity index (χ1v) is 8.98. The predicted octanol–water partition coefficient (Wildman–Crippen LogP) is 3.10. The molecule has 0 unspecified atom stereocenters. The SMILES string of the molecule is COc1cc(OC)c(OC)cc1CN1CCC(NCC2CC2)CC1.Cl. The second kappa shape index (κ2) is 9.51. The summed E-state index contributed by atoms with van der Waals surface area (Å²) in [5.74, 6) is 3.29. The highest BCUT2D eigenvalue weighted by Crippen LogP contribution is 2.35. The van der Waals surface area contributed by atoms with Crippen LogP contribution in [0.3, 0.4) is 0 Å². The van der Waals surface area contributed by atoms with Crippen LogP contribution in [0.15, 0.2) is 12.1 Å². The van der Waals surface area contributed by atoms with Crippen LogP contribution in [0, 0.1) is 5.92 Å². The molecule has 1 aliphatic heterocycles. The molecule has 0 amide bonds. The van der Waals surface area contributed by atoms with E-state index in [1.165, 1.54) is 32.2 Å². The Morgan fingerprint density at radius 1 is 0.920 bits per heavy atom. The van der Waals surface area contributed by atoms with E-state index in [0.717, 1.165) is 42.6 Å². The van der Waals surface area contributed by atoms with Crippen molar-refractivity contribution in [1.82, 2.24) is 10.2 Å². The maximum atomic E-state index is 5.55. The molecule has 0 bridgehead atoms. The minimum absolute atomic E-state index is 0. The van der Waals surface area contributed by atoms with Gasteiger partial charge in [0.1, 0.15) is 5.75 Å². The van der Waals surface area contributed by atoms with Crippen molar-refractivity contribution in [2.45, 2.75) is 38.3 Å². The molecule has 1 aromatic rings. The molecule has 1 aliphatic carbocycles. The zero-order chi connectivity index (χ0) is 16.9. The van der Waals surface area contributed by atoms with Gasteiger partial charge in [-0.15, -0.1) is 12.4 Å². The molecule has 1 heterocycles. The van der Waals surface area contributed by atoms with Gasteiger partial charge < -0.3 is 19.5 Å². The molecule has 5 nitrogen and oxygen atoms in total. The molecule has 0 atom stereocenters. The number of likely N-dealkylation sites (tertiary alicyclic amines) is 1. The maximum Gasteiger partial charge on any atom is 0.164 e. The molecular weight excluding hydrogens is 340 g/mol. The molecule has 0 aromatic heterocycles. The number of hydrogen-bond acceptors (Lipinski definition) is 5. The van der Waals surface area contributed by atoms with Gasteiger partial charge in [0.25, 0.3) is 0 Å². The molecule has 6 heteroatoms. The third-order valence-corrected chi connectivity index (χ3v) is 5.16. The number of nitrogens with one attached hydrogen (secondary N) is 1. The van der Waals surface area contributed by atoms with Crippen molar-refractivity contribution in [3.63, 3.8) is 0 Å². The average Bonchev–Trinajstić information content (AvgIpc) is 3.45. The van der Waals surface area contributed by atoms with E-state index in [4.69, 9.17) is 14.2 Å². The number of methoxy groups -OCH3 is 3. The van der Waals surface area contributed by atoms with Gasteiger partial charge in [0.2, 0.25) is 0 Å². The van der Waals surface area contributed by atoms with Gasteiger partial charge >= 0.3 is 0 Å². The molecular formula is C19H31ClN2O3. The van der Waals surface area contributed by atoms with Crippen molar-refractivity contribution >= 4 is 12.4 Å². The fourth-order valence-corrected chi connectivity index (χ4v) is 3.41. The number of piperidine rings is 1. The average molecular weight is 371 g/mol. The van der Waals surface area contributed by atoms with Crippen molar-refractivity contribution in [3.05, 3.63) is 17.7 Å². The smallest absolute Gasteiger partial charge is 0.164 e. The van der Waals surface area contributed by atoms with Gasteiger partial charge in [0.15, 0.2) is 11.5 Å². The number of halogens is 1. The van der Waals surface area contributed by atoms with Crippen molar-refractivity contribution in [3.8, 4) is 17.2 Å². The van der Waals surface area contributed by atoms with Crippen LogP contribution in [-0.4, -0.2) is 51.9 Å². The maximum absolute atomic E-state index is 5.55. The summed E-state index contributed by atoms with van der Waals surface area (Å²) < 4.78 is 16.3.